The lowest BCUT2D eigenvalue weighted by molar-refractivity contribution is -0.122. The van der Waals surface area contributed by atoms with Crippen molar-refractivity contribution in [2.75, 3.05) is 73.0 Å². The van der Waals surface area contributed by atoms with Gasteiger partial charge in [-0.2, -0.15) is 10.2 Å². The van der Waals surface area contributed by atoms with E-state index in [4.69, 9.17) is 9.47 Å². The predicted octanol–water partition coefficient (Wildman–Crippen LogP) is 5.80. The molecule has 2 aliphatic heterocycles. The van der Waals surface area contributed by atoms with Crippen LogP contribution in [0, 0.1) is 52.1 Å². The van der Waals surface area contributed by atoms with Gasteiger partial charge in [0.2, 0.25) is 11.8 Å². The molecular formula is C51H65F2N11O6. The van der Waals surface area contributed by atoms with E-state index in [-0.39, 0.29) is 63.5 Å². The molecule has 2 saturated heterocycles. The minimum atomic E-state index is -1.01. The standard InChI is InChI=1S/C51H65F2N11O6/c1-50(13-14-50)41(31-5-4-6-31)43(48(67)57-33-8-10-38(36(52)27-33)62-19-23-69-24-20-62)59-47(66)40-12-18-56-64(40)30-32-7-9-35(32)42(51(2)15-16-51)44(60-46(65)39-11-17-55-61(39)3)49(68)58-34-28-37(53)45(54-29-34)63-21-25-70-26-22-63/h8,10-12,17-18,27-29,31-32,35,41-44H,4-7,9,13-16,19-26,30H2,1-3H3,(H,57,67)(H,58,68)(H,59,66)(H,60,65)/t32?,35?,41?,42?,43-,44-/m0/s1. The first-order valence-corrected chi connectivity index (χ1v) is 25.1. The number of hydrogen-bond acceptors (Lipinski definition) is 11. The second-order valence-electron chi connectivity index (χ2n) is 21.1. The first-order valence-electron chi connectivity index (χ1n) is 25.1. The van der Waals surface area contributed by atoms with Crippen molar-refractivity contribution in [1.29, 1.82) is 0 Å². The van der Waals surface area contributed by atoms with Gasteiger partial charge in [0, 0.05) is 63.9 Å². The van der Waals surface area contributed by atoms with E-state index in [1.807, 2.05) is 9.80 Å². The molecule has 6 atom stereocenters. The van der Waals surface area contributed by atoms with Crippen molar-refractivity contribution >= 4 is 46.5 Å². The van der Waals surface area contributed by atoms with E-state index >= 15 is 8.78 Å². The number of ether oxygens (including phenoxy) is 2. The summed E-state index contributed by atoms with van der Waals surface area (Å²) in [5.74, 6) is -2.84. The maximum Gasteiger partial charge on any atom is 0.270 e. The maximum atomic E-state index is 15.6. The molecule has 0 radical (unpaired) electrons. The summed E-state index contributed by atoms with van der Waals surface area (Å²) < 4.78 is 45.2. The fourth-order valence-corrected chi connectivity index (χ4v) is 11.7. The first-order chi connectivity index (χ1) is 33.8. The van der Waals surface area contributed by atoms with E-state index in [9.17, 15) is 19.2 Å². The Labute approximate surface area is 406 Å². The van der Waals surface area contributed by atoms with Gasteiger partial charge < -0.3 is 40.5 Å². The molecule has 6 fully saturated rings. The number of aromatic nitrogens is 5. The SMILES string of the molecule is Cn1nccc1C(=O)N[C@H](C(=O)Nc1cnc(N2CCOCC2)c(F)c1)C(C1CCC1Cn1nccc1C(=O)N[C@H](C(=O)Nc1ccc(N2CCOCC2)c(F)c1)C(C1CCC1)C1(C)CC1)C1(C)CC1. The summed E-state index contributed by atoms with van der Waals surface area (Å²) in [6.45, 7) is 8.81. The minimum absolute atomic E-state index is 0.0211. The molecule has 4 unspecified atom stereocenters. The average Bonchev–Trinajstić information content (AvgIpc) is 4.13. The van der Waals surface area contributed by atoms with Gasteiger partial charge in [0.05, 0.1) is 44.0 Å². The van der Waals surface area contributed by atoms with E-state index < -0.39 is 41.4 Å². The van der Waals surface area contributed by atoms with Crippen molar-refractivity contribution in [2.24, 2.45) is 47.5 Å². The Balaban J connectivity index is 0.880. The van der Waals surface area contributed by atoms with E-state index in [2.05, 4.69) is 50.3 Å². The van der Waals surface area contributed by atoms with E-state index in [0.717, 1.165) is 57.8 Å². The number of anilines is 4. The number of morpholine rings is 2. The van der Waals surface area contributed by atoms with Gasteiger partial charge >= 0.3 is 0 Å². The Bertz CT molecular complexity index is 2580. The van der Waals surface area contributed by atoms with Crippen LogP contribution in [-0.4, -0.2) is 113 Å². The van der Waals surface area contributed by atoms with Crippen LogP contribution in [-0.2, 0) is 32.7 Å². The third kappa shape index (κ3) is 9.87. The van der Waals surface area contributed by atoms with Crippen LogP contribution < -0.4 is 31.1 Å². The highest BCUT2D eigenvalue weighted by molar-refractivity contribution is 6.02. The molecule has 374 valence electrons. The third-order valence-corrected chi connectivity index (χ3v) is 16.5. The second kappa shape index (κ2) is 19.7. The molecule has 5 heterocycles. The fourth-order valence-electron chi connectivity index (χ4n) is 11.7. The molecule has 3 aromatic heterocycles. The van der Waals surface area contributed by atoms with Crippen LogP contribution in [0.15, 0.2) is 55.0 Å². The van der Waals surface area contributed by atoms with Crippen LogP contribution in [0.2, 0.25) is 0 Å². The van der Waals surface area contributed by atoms with Gasteiger partial charge in [0.1, 0.15) is 29.3 Å². The van der Waals surface area contributed by atoms with Crippen molar-refractivity contribution in [3.05, 3.63) is 78.0 Å². The van der Waals surface area contributed by atoms with Gasteiger partial charge in [-0.05, 0) is 109 Å². The van der Waals surface area contributed by atoms with Crippen LogP contribution in [0.3, 0.4) is 0 Å². The smallest absolute Gasteiger partial charge is 0.270 e. The third-order valence-electron chi connectivity index (χ3n) is 16.5. The first kappa shape index (κ1) is 47.7. The number of hydrogen-bond donors (Lipinski definition) is 4. The molecule has 10 rings (SSSR count). The molecule has 4 aliphatic carbocycles. The van der Waals surface area contributed by atoms with Crippen molar-refractivity contribution in [1.82, 2.24) is 35.2 Å². The summed E-state index contributed by atoms with van der Waals surface area (Å²) in [5, 5.41) is 20.9. The Kier molecular flexibility index (Phi) is 13.4. The second-order valence-corrected chi connectivity index (χ2v) is 21.1. The van der Waals surface area contributed by atoms with Crippen LogP contribution in [0.4, 0.5) is 31.7 Å². The number of carbonyl (C=O) groups is 4. The molecule has 4 aromatic rings. The molecule has 17 nitrogen and oxygen atoms in total. The number of nitrogens with zero attached hydrogens (tertiary/aromatic N) is 7. The summed E-state index contributed by atoms with van der Waals surface area (Å²) >= 11 is 0. The van der Waals surface area contributed by atoms with Gasteiger partial charge in [0.25, 0.3) is 11.8 Å². The Morgan fingerprint density at radius 1 is 0.714 bits per heavy atom. The number of benzene rings is 1. The van der Waals surface area contributed by atoms with Crippen molar-refractivity contribution in [3.63, 3.8) is 0 Å². The van der Waals surface area contributed by atoms with Gasteiger partial charge in [-0.1, -0.05) is 33.1 Å². The number of nitrogens with one attached hydrogen (secondary N) is 4. The lowest BCUT2D eigenvalue weighted by Gasteiger charge is -2.47. The molecule has 0 spiro atoms. The lowest BCUT2D eigenvalue weighted by Crippen LogP contribution is -2.56. The number of pyridine rings is 1. The highest BCUT2D eigenvalue weighted by Gasteiger charge is 2.57. The quantitative estimate of drug-likeness (QED) is 0.0944. The molecule has 70 heavy (non-hydrogen) atoms. The number of halogens is 2. The summed E-state index contributed by atoms with van der Waals surface area (Å²) in [6.07, 6.45) is 12.7. The van der Waals surface area contributed by atoms with E-state index in [1.165, 1.54) is 29.2 Å². The topological polar surface area (TPSA) is 190 Å². The van der Waals surface area contributed by atoms with Crippen molar-refractivity contribution in [2.45, 2.75) is 90.3 Å². The van der Waals surface area contributed by atoms with Gasteiger partial charge in [-0.3, -0.25) is 28.5 Å². The zero-order valence-corrected chi connectivity index (χ0v) is 40.3. The normalized spacial score (nSPS) is 23.2. The zero-order valence-electron chi connectivity index (χ0n) is 40.3. The molecule has 19 heteroatoms. The summed E-state index contributed by atoms with van der Waals surface area (Å²) in [7, 11) is 1.66. The summed E-state index contributed by atoms with van der Waals surface area (Å²) in [5.41, 5.74) is 1.13. The van der Waals surface area contributed by atoms with Crippen LogP contribution in [0.1, 0.15) is 92.6 Å². The highest BCUT2D eigenvalue weighted by atomic mass is 19.1. The Morgan fingerprint density at radius 2 is 1.30 bits per heavy atom. The largest absolute Gasteiger partial charge is 0.378 e. The van der Waals surface area contributed by atoms with Crippen molar-refractivity contribution < 1.29 is 37.4 Å². The van der Waals surface area contributed by atoms with Crippen LogP contribution in [0.25, 0.3) is 0 Å². The van der Waals surface area contributed by atoms with Gasteiger partial charge in [-0.15, -0.1) is 0 Å². The Hall–Kier alpha value is -5.95. The molecule has 4 saturated carbocycles. The van der Waals surface area contributed by atoms with Gasteiger partial charge in [0.15, 0.2) is 11.6 Å². The average molecular weight is 966 g/mol. The number of rotatable bonds is 18. The molecule has 6 aliphatic rings. The molecule has 4 N–H and O–H groups in total. The predicted molar refractivity (Wildman–Crippen MR) is 257 cm³/mol. The molecular weight excluding hydrogens is 901 g/mol. The molecule has 0 bridgehead atoms. The van der Waals surface area contributed by atoms with E-state index in [0.29, 0.717) is 76.2 Å². The molecule has 1 aromatic carbocycles. The summed E-state index contributed by atoms with van der Waals surface area (Å²) in [6, 6.07) is 7.36. The summed E-state index contributed by atoms with van der Waals surface area (Å²) in [4.78, 5) is 65.9. The van der Waals surface area contributed by atoms with E-state index in [1.54, 1.807) is 42.2 Å². The highest BCUT2D eigenvalue weighted by Crippen LogP contribution is 2.60. The number of aryl methyl sites for hydroxylation is 1. The van der Waals surface area contributed by atoms with Crippen molar-refractivity contribution in [3.8, 4) is 0 Å². The number of carbonyl (C=O) groups excluding carboxylic acids is 4. The number of amides is 4. The fraction of sp³-hybridized carbons (Fsp3) is 0.588. The maximum absolute atomic E-state index is 15.6. The minimum Gasteiger partial charge on any atom is -0.378 e. The molecule has 4 amide bonds. The van der Waals surface area contributed by atoms with Crippen LogP contribution in [0.5, 0.6) is 0 Å². The van der Waals surface area contributed by atoms with Crippen LogP contribution >= 0.6 is 0 Å². The monoisotopic (exact) mass is 966 g/mol. The zero-order chi connectivity index (χ0) is 48.7. The lowest BCUT2D eigenvalue weighted by atomic mass is 9.60. The van der Waals surface area contributed by atoms with Gasteiger partial charge in [-0.25, -0.2) is 13.8 Å². The Morgan fingerprint density at radius 3 is 1.87 bits per heavy atom.